The van der Waals surface area contributed by atoms with Crippen molar-refractivity contribution in [3.05, 3.63) is 47.4 Å². The van der Waals surface area contributed by atoms with Gasteiger partial charge in [-0.3, -0.25) is 4.79 Å². The molecule has 1 aliphatic heterocycles. The van der Waals surface area contributed by atoms with Gasteiger partial charge in [-0.05, 0) is 49.9 Å². The first-order valence-corrected chi connectivity index (χ1v) is 15.8. The highest BCUT2D eigenvalue weighted by molar-refractivity contribution is 7.92. The van der Waals surface area contributed by atoms with Gasteiger partial charge in [-0.15, -0.1) is 0 Å². The van der Waals surface area contributed by atoms with Crippen LogP contribution in [0.25, 0.3) is 17.3 Å². The summed E-state index contributed by atoms with van der Waals surface area (Å²) in [7, 11) is -2.29. The minimum Gasteiger partial charge on any atom is -0.434 e. The van der Waals surface area contributed by atoms with E-state index < -0.39 is 46.0 Å². The molecule has 2 heterocycles. The number of hydrogen-bond donors (Lipinski definition) is 0. The molecule has 1 saturated heterocycles. The molecule has 2 atom stereocenters. The summed E-state index contributed by atoms with van der Waals surface area (Å²) in [5, 5.41) is 0. The van der Waals surface area contributed by atoms with Crippen LogP contribution in [0.3, 0.4) is 0 Å². The Morgan fingerprint density at radius 3 is 2.37 bits per heavy atom. The number of nitrogens with zero attached hydrogens (tertiary/aromatic N) is 3. The van der Waals surface area contributed by atoms with Gasteiger partial charge < -0.3 is 18.9 Å². The van der Waals surface area contributed by atoms with Crippen LogP contribution in [0.5, 0.6) is 0 Å². The van der Waals surface area contributed by atoms with Crippen LogP contribution >= 0.6 is 0 Å². The van der Waals surface area contributed by atoms with Crippen molar-refractivity contribution in [2.24, 2.45) is 5.92 Å². The molecule has 0 unspecified atom stereocenters. The highest BCUT2D eigenvalue weighted by atomic mass is 32.2. The van der Waals surface area contributed by atoms with Crippen molar-refractivity contribution in [1.29, 1.82) is 0 Å². The number of ether oxygens (including phenoxy) is 4. The maximum Gasteiger partial charge on any atom is 0.516 e. The summed E-state index contributed by atoms with van der Waals surface area (Å²) in [6.07, 6.45) is 2.51. The van der Waals surface area contributed by atoms with Crippen LogP contribution in [0.1, 0.15) is 71.6 Å². The van der Waals surface area contributed by atoms with E-state index in [0.717, 1.165) is 10.6 Å². The van der Waals surface area contributed by atoms with Crippen LogP contribution in [0.4, 0.5) is 15.1 Å². The van der Waals surface area contributed by atoms with Crippen LogP contribution < -0.4 is 4.31 Å². The fraction of sp³-hybridized carbons (Fsp3) is 0.533. The van der Waals surface area contributed by atoms with Crippen LogP contribution in [0.15, 0.2) is 30.3 Å². The maximum absolute atomic E-state index is 13.8. The van der Waals surface area contributed by atoms with Crippen molar-refractivity contribution in [3.8, 4) is 11.3 Å². The van der Waals surface area contributed by atoms with Gasteiger partial charge >= 0.3 is 12.1 Å². The highest BCUT2D eigenvalue weighted by Crippen LogP contribution is 2.34. The predicted molar refractivity (Wildman–Crippen MR) is 159 cm³/mol. The number of hydrogen-bond acceptors (Lipinski definition) is 10. The predicted octanol–water partition coefficient (Wildman–Crippen LogP) is 5.45. The smallest absolute Gasteiger partial charge is 0.434 e. The second kappa shape index (κ2) is 13.9. The maximum atomic E-state index is 13.8. The van der Waals surface area contributed by atoms with Gasteiger partial charge in [-0.25, -0.2) is 31.9 Å². The number of sulfonamides is 1. The zero-order chi connectivity index (χ0) is 32.1. The third-order valence-electron chi connectivity index (χ3n) is 6.39. The molecular weight excluding hydrogens is 581 g/mol. The molecule has 2 aromatic rings. The van der Waals surface area contributed by atoms with E-state index >= 15 is 0 Å². The van der Waals surface area contributed by atoms with Crippen molar-refractivity contribution < 1.29 is 41.3 Å². The quantitative estimate of drug-likeness (QED) is 0.249. The number of anilines is 1. The number of esters is 1. The molecule has 0 radical (unpaired) electrons. The number of halogens is 1. The summed E-state index contributed by atoms with van der Waals surface area (Å²) in [6, 6.07) is 5.72. The van der Waals surface area contributed by atoms with Crippen molar-refractivity contribution >= 4 is 34.2 Å². The summed E-state index contributed by atoms with van der Waals surface area (Å²) in [6.45, 7) is 11.1. The number of benzene rings is 1. The Morgan fingerprint density at radius 2 is 1.79 bits per heavy atom. The molecule has 11 nitrogen and oxygen atoms in total. The summed E-state index contributed by atoms with van der Waals surface area (Å²) >= 11 is 0. The lowest BCUT2D eigenvalue weighted by Crippen LogP contribution is -2.44. The Labute approximate surface area is 252 Å². The fourth-order valence-electron chi connectivity index (χ4n) is 4.38. The summed E-state index contributed by atoms with van der Waals surface area (Å²) in [4.78, 5) is 33.4. The topological polar surface area (TPSA) is 134 Å². The van der Waals surface area contributed by atoms with Crippen LogP contribution in [0.2, 0.25) is 0 Å². The monoisotopic (exact) mass is 621 g/mol. The zero-order valence-corrected chi connectivity index (χ0v) is 26.6. The lowest BCUT2D eigenvalue weighted by molar-refractivity contribution is -0.290. The lowest BCUT2D eigenvalue weighted by Gasteiger charge is -2.39. The molecule has 0 N–H and O–H groups in total. The van der Waals surface area contributed by atoms with Crippen LogP contribution in [-0.2, 0) is 33.8 Å². The summed E-state index contributed by atoms with van der Waals surface area (Å²) in [5.41, 5.74) is 2.14. The van der Waals surface area contributed by atoms with E-state index in [4.69, 9.17) is 18.9 Å². The largest absolute Gasteiger partial charge is 0.516 e. The Morgan fingerprint density at radius 1 is 1.14 bits per heavy atom. The van der Waals surface area contributed by atoms with E-state index in [1.807, 2.05) is 27.7 Å². The molecule has 0 saturated carbocycles. The average molecular weight is 622 g/mol. The van der Waals surface area contributed by atoms with Crippen molar-refractivity contribution in [1.82, 2.24) is 9.97 Å². The molecule has 0 spiro atoms. The van der Waals surface area contributed by atoms with Gasteiger partial charge in [-0.1, -0.05) is 39.8 Å². The highest BCUT2D eigenvalue weighted by Gasteiger charge is 2.36. The molecule has 236 valence electrons. The van der Waals surface area contributed by atoms with E-state index in [2.05, 4.69) is 9.97 Å². The standard InChI is InChI=1S/C30H40FN3O8S/c1-18(2)17-39-29(36)40-25(35)16-23-15-22(41-30(5,6)42-23)13-14-24-26(19(3)4)32-28(34(7)43(8,37)38)33-27(24)20-9-11-21(31)12-10-20/h9-14,18-19,22-23H,15-17H2,1-8H3/b14-13+/t22-,23-/m1/s1. The van der Waals surface area contributed by atoms with Gasteiger partial charge in [0, 0.05) is 24.6 Å². The molecular formula is C30H40FN3O8S. The van der Waals surface area contributed by atoms with Crippen molar-refractivity contribution in [2.75, 3.05) is 24.2 Å². The van der Waals surface area contributed by atoms with Crippen LogP contribution in [0, 0.1) is 11.7 Å². The van der Waals surface area contributed by atoms with Crippen LogP contribution in [-0.4, -0.2) is 68.4 Å². The van der Waals surface area contributed by atoms with Gasteiger partial charge in [0.05, 0.1) is 42.9 Å². The van der Waals surface area contributed by atoms with E-state index in [1.54, 1.807) is 38.1 Å². The Bertz CT molecular complexity index is 1440. The third-order valence-corrected chi connectivity index (χ3v) is 7.55. The van der Waals surface area contributed by atoms with Crippen molar-refractivity contribution in [3.63, 3.8) is 0 Å². The Balaban J connectivity index is 1.94. The first kappa shape index (κ1) is 34.1. The minimum atomic E-state index is -3.66. The van der Waals surface area contributed by atoms with E-state index in [1.165, 1.54) is 19.2 Å². The molecule has 1 fully saturated rings. The lowest BCUT2D eigenvalue weighted by atomic mass is 9.97. The second-order valence-electron chi connectivity index (χ2n) is 11.6. The summed E-state index contributed by atoms with van der Waals surface area (Å²) in [5.74, 6) is -2.33. The molecule has 3 rings (SSSR count). The molecule has 0 bridgehead atoms. The molecule has 0 aliphatic carbocycles. The van der Waals surface area contributed by atoms with Gasteiger partial charge in [0.1, 0.15) is 5.82 Å². The van der Waals surface area contributed by atoms with Gasteiger partial charge in [-0.2, -0.15) is 0 Å². The van der Waals surface area contributed by atoms with Crippen molar-refractivity contribution in [2.45, 2.75) is 78.3 Å². The molecule has 0 amide bonds. The molecule has 43 heavy (non-hydrogen) atoms. The number of carbonyl (C=O) groups excluding carboxylic acids is 2. The number of carbonyl (C=O) groups is 2. The van der Waals surface area contributed by atoms with E-state index in [-0.39, 0.29) is 37.2 Å². The first-order chi connectivity index (χ1) is 19.9. The minimum absolute atomic E-state index is 0.0170. The molecule has 1 aromatic carbocycles. The third kappa shape index (κ3) is 9.80. The molecule has 13 heteroatoms. The number of rotatable bonds is 10. The van der Waals surface area contributed by atoms with Gasteiger partial charge in [0.25, 0.3) is 0 Å². The fourth-order valence-corrected chi connectivity index (χ4v) is 4.75. The second-order valence-corrected chi connectivity index (χ2v) is 13.6. The van der Waals surface area contributed by atoms with Gasteiger partial charge in [0.15, 0.2) is 5.79 Å². The Kier molecular flexibility index (Phi) is 11.0. The first-order valence-electron chi connectivity index (χ1n) is 14.0. The average Bonchev–Trinajstić information content (AvgIpc) is 2.88. The van der Waals surface area contributed by atoms with E-state index in [0.29, 0.717) is 22.5 Å². The Hall–Kier alpha value is -3.42. The zero-order valence-electron chi connectivity index (χ0n) is 25.8. The van der Waals surface area contributed by atoms with Gasteiger partial charge in [0.2, 0.25) is 16.0 Å². The molecule has 1 aliphatic rings. The molecule has 1 aromatic heterocycles. The number of aromatic nitrogens is 2. The van der Waals surface area contributed by atoms with E-state index in [9.17, 15) is 22.4 Å². The normalized spacial score (nSPS) is 18.7. The SMILES string of the molecule is CC(C)COC(=O)OC(=O)C[C@H]1C[C@@H](/C=C/c2c(-c3ccc(F)cc3)nc(N(C)S(C)(=O)=O)nc2C(C)C)OC(C)(C)O1. The summed E-state index contributed by atoms with van der Waals surface area (Å²) < 4.78 is 61.1.